The quantitative estimate of drug-likeness (QED) is 0.218. The Morgan fingerprint density at radius 1 is 0.324 bits per heavy atom. The Bertz CT molecular complexity index is 1160. The number of hydrogen-bond acceptors (Lipinski definition) is 0. The summed E-state index contributed by atoms with van der Waals surface area (Å²) in [4.78, 5) is 0. The summed E-state index contributed by atoms with van der Waals surface area (Å²) in [5.74, 6) is -27.8. The molecule has 0 spiro atoms. The van der Waals surface area contributed by atoms with Crippen molar-refractivity contribution >= 4 is 23.1 Å². The van der Waals surface area contributed by atoms with E-state index in [2.05, 4.69) is 0 Å². The molecule has 0 radical (unpaired) electrons. The van der Waals surface area contributed by atoms with Crippen molar-refractivity contribution in [3.63, 3.8) is 0 Å². The van der Waals surface area contributed by atoms with Gasteiger partial charge in [-0.2, -0.15) is 0 Å². The van der Waals surface area contributed by atoms with E-state index in [1.165, 1.54) is 0 Å². The topological polar surface area (TPSA) is 0 Å². The lowest BCUT2D eigenvalue weighted by atomic mass is 9.35. The Morgan fingerprint density at radius 3 is 0.622 bits per heavy atom. The molecule has 0 amide bonds. The van der Waals surface area contributed by atoms with Gasteiger partial charge in [-0.3, -0.25) is 0 Å². The molecule has 0 fully saturated rings. The maximum absolute atomic E-state index is 15.1. The molecule has 0 saturated carbocycles. The molecule has 13 heteroatoms. The van der Waals surface area contributed by atoms with Gasteiger partial charge in [-0.05, 0) is 19.3 Å². The van der Waals surface area contributed by atoms with Crippen LogP contribution in [0.25, 0.3) is 0 Å². The second-order valence-corrected chi connectivity index (χ2v) is 7.94. The second kappa shape index (κ2) is 10.3. The number of hydrogen-bond donors (Lipinski definition) is 0. The molecule has 3 rings (SSSR count). The second-order valence-electron chi connectivity index (χ2n) is 7.94. The highest BCUT2D eigenvalue weighted by molar-refractivity contribution is 6.95. The predicted molar refractivity (Wildman–Crippen MR) is 112 cm³/mol. The zero-order chi connectivity index (χ0) is 28.1. The first kappa shape index (κ1) is 28.5. The lowest BCUT2D eigenvalue weighted by molar-refractivity contribution is 0.443. The maximum atomic E-state index is 15.1. The first-order valence-electron chi connectivity index (χ1n) is 10.8. The third-order valence-corrected chi connectivity index (χ3v) is 6.09. The molecule has 0 saturated heterocycles. The van der Waals surface area contributed by atoms with Crippen LogP contribution in [0.1, 0.15) is 37.5 Å². The Labute approximate surface area is 203 Å². The van der Waals surface area contributed by atoms with Gasteiger partial charge in [0.1, 0.15) is 0 Å². The molecular weight excluding hydrogens is 527 g/mol. The van der Waals surface area contributed by atoms with Gasteiger partial charge in [0.15, 0.2) is 69.8 Å². The summed E-state index contributed by atoms with van der Waals surface area (Å²) in [5, 5.41) is 0. The van der Waals surface area contributed by atoms with Crippen LogP contribution < -0.4 is 16.4 Å². The predicted octanol–water partition coefficient (Wildman–Crippen LogP) is 5.56. The molecule has 0 aliphatic rings. The van der Waals surface area contributed by atoms with Gasteiger partial charge >= 0.3 is 0 Å². The van der Waals surface area contributed by atoms with Gasteiger partial charge in [-0.15, -0.1) is 0 Å². The average molecular weight is 542 g/mol. The van der Waals surface area contributed by atoms with Crippen molar-refractivity contribution < 1.29 is 52.7 Å². The van der Waals surface area contributed by atoms with E-state index in [1.54, 1.807) is 0 Å². The molecule has 0 bridgehead atoms. The molecule has 0 N–H and O–H groups in total. The highest BCUT2D eigenvalue weighted by atomic mass is 19.2. The summed E-state index contributed by atoms with van der Waals surface area (Å²) in [6.07, 6.45) is -2.03. The summed E-state index contributed by atoms with van der Waals surface area (Å²) >= 11 is 0. The summed E-state index contributed by atoms with van der Waals surface area (Å²) in [7, 11) is 0. The van der Waals surface area contributed by atoms with Crippen LogP contribution in [0.5, 0.6) is 0 Å². The van der Waals surface area contributed by atoms with Crippen LogP contribution in [-0.4, -0.2) is 6.71 Å². The summed E-state index contributed by atoms with van der Waals surface area (Å²) in [6.45, 7) is -0.296. The molecule has 0 nitrogen and oxygen atoms in total. The molecule has 0 aliphatic heterocycles. The van der Waals surface area contributed by atoms with Gasteiger partial charge in [-0.1, -0.05) is 20.8 Å². The molecule has 37 heavy (non-hydrogen) atoms. The van der Waals surface area contributed by atoms with E-state index in [0.29, 0.717) is 0 Å². The van der Waals surface area contributed by atoms with Crippen molar-refractivity contribution in [1.82, 2.24) is 0 Å². The molecule has 0 aliphatic carbocycles. The summed E-state index contributed by atoms with van der Waals surface area (Å²) < 4.78 is 178. The SMILES string of the molecule is CCc1c(F)c(F)c(B(c2c(F)c(F)c(CC)c(F)c2F)c2c(F)c(F)c(CC)c(F)c2F)c(F)c1F. The van der Waals surface area contributed by atoms with E-state index >= 15 is 26.3 Å². The molecule has 198 valence electrons. The summed E-state index contributed by atoms with van der Waals surface area (Å²) in [6, 6.07) is 0. The third kappa shape index (κ3) is 4.16. The third-order valence-electron chi connectivity index (χ3n) is 6.09. The highest BCUT2D eigenvalue weighted by Gasteiger charge is 2.44. The van der Waals surface area contributed by atoms with Gasteiger partial charge in [-0.25, -0.2) is 52.7 Å². The standard InChI is InChI=1S/C24H15BF12/c1-4-7-13(26)19(32)10(20(33)14(7)27)25(11-21(34)15(28)8(5-2)16(29)22(11)35)12-23(36)17(30)9(6-3)18(31)24(12)37/h4-6H2,1-3H3. The fourth-order valence-corrected chi connectivity index (χ4v) is 4.21. The Kier molecular flexibility index (Phi) is 7.95. The first-order valence-corrected chi connectivity index (χ1v) is 10.8. The van der Waals surface area contributed by atoms with Crippen LogP contribution in [0.2, 0.25) is 0 Å². The van der Waals surface area contributed by atoms with Crippen LogP contribution >= 0.6 is 0 Å². The van der Waals surface area contributed by atoms with Gasteiger partial charge in [0.2, 0.25) is 0 Å². The van der Waals surface area contributed by atoms with Crippen molar-refractivity contribution in [2.45, 2.75) is 40.0 Å². The number of benzene rings is 3. The monoisotopic (exact) mass is 542 g/mol. The molecule has 3 aromatic rings. The molecule has 0 atom stereocenters. The molecular formula is C24H15BF12. The normalized spacial score (nSPS) is 11.4. The van der Waals surface area contributed by atoms with Crippen molar-refractivity contribution in [1.29, 1.82) is 0 Å². The van der Waals surface area contributed by atoms with Crippen LogP contribution in [0.15, 0.2) is 0 Å². The van der Waals surface area contributed by atoms with Gasteiger partial charge in [0.25, 0.3) is 6.71 Å². The lowest BCUT2D eigenvalue weighted by Crippen LogP contribution is -2.60. The van der Waals surface area contributed by atoms with E-state index in [1.807, 2.05) is 0 Å². The zero-order valence-corrected chi connectivity index (χ0v) is 19.2. The van der Waals surface area contributed by atoms with E-state index in [0.717, 1.165) is 20.8 Å². The van der Waals surface area contributed by atoms with Crippen LogP contribution in [0.4, 0.5) is 52.7 Å². The van der Waals surface area contributed by atoms with Crippen LogP contribution in [0, 0.1) is 69.8 Å². The van der Waals surface area contributed by atoms with Gasteiger partial charge in [0, 0.05) is 33.1 Å². The van der Waals surface area contributed by atoms with Crippen molar-refractivity contribution in [2.75, 3.05) is 0 Å². The number of halogens is 12. The van der Waals surface area contributed by atoms with E-state index in [4.69, 9.17) is 0 Å². The smallest absolute Gasteiger partial charge is 0.204 e. The van der Waals surface area contributed by atoms with Gasteiger partial charge in [0.05, 0.1) is 0 Å². The molecule has 0 heterocycles. The maximum Gasteiger partial charge on any atom is 0.265 e. The Balaban J connectivity index is 2.67. The average Bonchev–Trinajstić information content (AvgIpc) is 2.86. The zero-order valence-electron chi connectivity index (χ0n) is 19.2. The minimum atomic E-state index is -3.46. The fraction of sp³-hybridized carbons (Fsp3) is 0.250. The molecule has 0 aromatic heterocycles. The van der Waals surface area contributed by atoms with Crippen LogP contribution in [0.3, 0.4) is 0 Å². The molecule has 0 unspecified atom stereocenters. The molecule has 3 aromatic carbocycles. The highest BCUT2D eigenvalue weighted by Crippen LogP contribution is 2.25. The Morgan fingerprint density at radius 2 is 0.486 bits per heavy atom. The van der Waals surface area contributed by atoms with Crippen molar-refractivity contribution in [2.24, 2.45) is 0 Å². The van der Waals surface area contributed by atoms with Crippen molar-refractivity contribution in [3.05, 3.63) is 86.5 Å². The van der Waals surface area contributed by atoms with Gasteiger partial charge < -0.3 is 0 Å². The summed E-state index contributed by atoms with van der Waals surface area (Å²) in [5.41, 5.74) is -10.2. The van der Waals surface area contributed by atoms with E-state index in [-0.39, 0.29) is 0 Å². The van der Waals surface area contributed by atoms with E-state index < -0.39 is 129 Å². The Hall–Kier alpha value is -3.12. The first-order chi connectivity index (χ1) is 17.3. The number of rotatable bonds is 6. The lowest BCUT2D eigenvalue weighted by Gasteiger charge is -2.23. The fourth-order valence-electron chi connectivity index (χ4n) is 4.21. The van der Waals surface area contributed by atoms with Crippen molar-refractivity contribution in [3.8, 4) is 0 Å². The van der Waals surface area contributed by atoms with E-state index in [9.17, 15) is 26.3 Å². The van der Waals surface area contributed by atoms with Crippen LogP contribution in [-0.2, 0) is 19.3 Å². The minimum absolute atomic E-state index is 0.676. The minimum Gasteiger partial charge on any atom is -0.204 e. The largest absolute Gasteiger partial charge is 0.265 e.